The van der Waals surface area contributed by atoms with Crippen molar-refractivity contribution in [3.8, 4) is 0 Å². The Morgan fingerprint density at radius 2 is 1.31 bits per heavy atom. The predicted molar refractivity (Wildman–Crippen MR) is 133 cm³/mol. The molecule has 2 aliphatic heterocycles. The molecule has 0 atom stereocenters. The molecule has 0 aromatic rings. The van der Waals surface area contributed by atoms with Crippen LogP contribution in [0.5, 0.6) is 0 Å². The molecule has 0 bridgehead atoms. The van der Waals surface area contributed by atoms with E-state index in [1.807, 2.05) is 0 Å². The number of hydrogen-bond acceptors (Lipinski definition) is 10. The van der Waals surface area contributed by atoms with E-state index in [1.54, 1.807) is 0 Å². The first-order chi connectivity index (χ1) is 18.6. The molecule has 2 aliphatic rings. The number of nitrogens with zero attached hydrogens (tertiary/aromatic N) is 3. The summed E-state index contributed by atoms with van der Waals surface area (Å²) in [5.74, 6) is -3.39. The third kappa shape index (κ3) is 11.4. The second-order valence-electron chi connectivity index (χ2n) is 8.64. The minimum absolute atomic E-state index is 0.0251. The predicted octanol–water partition coefficient (Wildman–Crippen LogP) is -3.50. The molecule has 0 radical (unpaired) electrons. The summed E-state index contributed by atoms with van der Waals surface area (Å²) in [6.07, 6.45) is 2.90. The molecule has 16 nitrogen and oxygen atoms in total. The Bertz CT molecular complexity index is 980. The lowest BCUT2D eigenvalue weighted by Crippen LogP contribution is -2.42. The number of nitrogens with one attached hydrogen (secondary N) is 4. The Kier molecular flexibility index (Phi) is 12.7. The molecular weight excluding hydrogens is 518 g/mol. The maximum absolute atomic E-state index is 11.8. The molecule has 0 spiro atoms. The summed E-state index contributed by atoms with van der Waals surface area (Å²) in [5, 5.41) is 22.0. The molecule has 1 fully saturated rings. The summed E-state index contributed by atoms with van der Waals surface area (Å²) < 4.78 is 0. The summed E-state index contributed by atoms with van der Waals surface area (Å²) in [7, 11) is 0. The fourth-order valence-electron chi connectivity index (χ4n) is 3.58. The Morgan fingerprint density at radius 3 is 1.97 bits per heavy atom. The Morgan fingerprint density at radius 1 is 0.718 bits per heavy atom. The molecule has 2 heterocycles. The first-order valence-corrected chi connectivity index (χ1v) is 12.4. The van der Waals surface area contributed by atoms with Crippen molar-refractivity contribution in [2.24, 2.45) is 0 Å². The van der Waals surface area contributed by atoms with Crippen molar-refractivity contribution in [1.29, 1.82) is 0 Å². The highest BCUT2D eigenvalue weighted by atomic mass is 16.5. The van der Waals surface area contributed by atoms with Crippen LogP contribution in [0.4, 0.5) is 0 Å². The van der Waals surface area contributed by atoms with Crippen LogP contribution < -0.4 is 21.3 Å². The van der Waals surface area contributed by atoms with Crippen LogP contribution in [0.3, 0.4) is 0 Å². The van der Waals surface area contributed by atoms with Gasteiger partial charge < -0.3 is 31.5 Å². The lowest BCUT2D eigenvalue weighted by atomic mass is 10.3. The second-order valence-corrected chi connectivity index (χ2v) is 8.64. The zero-order valence-corrected chi connectivity index (χ0v) is 21.4. The van der Waals surface area contributed by atoms with Crippen LogP contribution in [-0.2, 0) is 38.4 Å². The fourth-order valence-corrected chi connectivity index (χ4v) is 3.58. The van der Waals surface area contributed by atoms with Gasteiger partial charge in [-0.2, -0.15) is 0 Å². The largest absolute Gasteiger partial charge is 0.785 e. The van der Waals surface area contributed by atoms with E-state index in [1.165, 1.54) is 0 Å². The van der Waals surface area contributed by atoms with Gasteiger partial charge in [0.1, 0.15) is 0 Å². The molecule has 2 rings (SSSR count). The van der Waals surface area contributed by atoms with Crippen molar-refractivity contribution >= 4 is 47.3 Å². The van der Waals surface area contributed by atoms with Gasteiger partial charge in [-0.1, -0.05) is 0 Å². The fraction of sp³-hybridized carbons (Fsp3) is 0.565. The smallest absolute Gasteiger partial charge is 0.253 e. The Labute approximate surface area is 224 Å². The zero-order valence-electron chi connectivity index (χ0n) is 21.4. The topological polar surface area (TPSA) is 217 Å². The summed E-state index contributed by atoms with van der Waals surface area (Å²) in [6, 6.07) is 0. The van der Waals surface area contributed by atoms with E-state index in [0.29, 0.717) is 5.06 Å². The first-order valence-electron chi connectivity index (χ1n) is 12.4. The standard InChI is InChI=1S/C23H32N7O9/c31-16(2-1-11-29-20(35)3-4-21(29)36)27-14-18(33)26-9-12-28(39)15-19(34)24-8-7-17(32)25-10-13-30-22(37)5-6-23(30)38/h5-6H,1-4,7-15H2,(H,24,34)(H,25,32)(H,26,33)(H,27,31)/q-1. The van der Waals surface area contributed by atoms with Crippen molar-refractivity contribution in [1.82, 2.24) is 36.1 Å². The van der Waals surface area contributed by atoms with Crippen molar-refractivity contribution in [2.45, 2.75) is 32.1 Å². The van der Waals surface area contributed by atoms with Gasteiger partial charge in [0.25, 0.3) is 11.8 Å². The molecule has 214 valence electrons. The highest BCUT2D eigenvalue weighted by Gasteiger charge is 2.28. The van der Waals surface area contributed by atoms with Gasteiger partial charge in [-0.3, -0.25) is 48.2 Å². The lowest BCUT2D eigenvalue weighted by molar-refractivity contribution is -0.139. The summed E-state index contributed by atoms with van der Waals surface area (Å²) in [6.45, 7) is -0.852. The van der Waals surface area contributed by atoms with E-state index in [2.05, 4.69) is 21.3 Å². The highest BCUT2D eigenvalue weighted by Crippen LogP contribution is 2.12. The number of hydrogen-bond donors (Lipinski definition) is 4. The summed E-state index contributed by atoms with van der Waals surface area (Å²) in [5.41, 5.74) is 0. The third-order valence-electron chi connectivity index (χ3n) is 5.62. The van der Waals surface area contributed by atoms with Gasteiger partial charge in [0.2, 0.25) is 35.4 Å². The van der Waals surface area contributed by atoms with Gasteiger partial charge >= 0.3 is 0 Å². The maximum atomic E-state index is 11.8. The van der Waals surface area contributed by atoms with Crippen LogP contribution >= 0.6 is 0 Å². The van der Waals surface area contributed by atoms with Crippen molar-refractivity contribution < 1.29 is 38.4 Å². The van der Waals surface area contributed by atoms with E-state index in [0.717, 1.165) is 22.0 Å². The van der Waals surface area contributed by atoms with Gasteiger partial charge in [0.15, 0.2) is 0 Å². The number of carbonyl (C=O) groups is 8. The van der Waals surface area contributed by atoms with E-state index < -0.39 is 42.0 Å². The van der Waals surface area contributed by atoms with E-state index in [-0.39, 0.29) is 89.7 Å². The average Bonchev–Trinajstić information content (AvgIpc) is 3.37. The van der Waals surface area contributed by atoms with Crippen molar-refractivity contribution in [3.63, 3.8) is 0 Å². The molecule has 16 heteroatoms. The highest BCUT2D eigenvalue weighted by molar-refractivity contribution is 6.12. The quantitative estimate of drug-likeness (QED) is 0.103. The molecule has 0 saturated carbocycles. The lowest BCUT2D eigenvalue weighted by Gasteiger charge is -2.27. The molecule has 0 aromatic carbocycles. The minimum atomic E-state index is -0.618. The molecule has 8 amide bonds. The molecule has 39 heavy (non-hydrogen) atoms. The van der Waals surface area contributed by atoms with Crippen LogP contribution in [0.25, 0.3) is 0 Å². The van der Waals surface area contributed by atoms with Crippen LogP contribution in [0, 0.1) is 5.21 Å². The number of imide groups is 2. The van der Waals surface area contributed by atoms with Crippen LogP contribution in [0.1, 0.15) is 32.1 Å². The van der Waals surface area contributed by atoms with Crippen LogP contribution in [0.2, 0.25) is 0 Å². The van der Waals surface area contributed by atoms with E-state index in [9.17, 15) is 43.6 Å². The van der Waals surface area contributed by atoms with Gasteiger partial charge in [-0.25, -0.2) is 0 Å². The van der Waals surface area contributed by atoms with Crippen molar-refractivity contribution in [3.05, 3.63) is 17.4 Å². The molecule has 0 unspecified atom stereocenters. The molecule has 0 aliphatic carbocycles. The monoisotopic (exact) mass is 550 g/mol. The number of carbonyl (C=O) groups excluding carboxylic acids is 8. The van der Waals surface area contributed by atoms with Crippen LogP contribution in [0.15, 0.2) is 12.2 Å². The second kappa shape index (κ2) is 15.9. The Hall–Kier alpha value is -4.18. The zero-order chi connectivity index (χ0) is 28.8. The molecule has 4 N–H and O–H groups in total. The molecular formula is C23H32N7O9-. The number of likely N-dealkylation sites (tertiary alicyclic amines) is 1. The maximum Gasteiger partial charge on any atom is 0.253 e. The number of hydroxylamine groups is 2. The van der Waals surface area contributed by atoms with E-state index >= 15 is 0 Å². The van der Waals surface area contributed by atoms with Crippen molar-refractivity contribution in [2.75, 3.05) is 52.4 Å². The number of rotatable bonds is 17. The van der Waals surface area contributed by atoms with Crippen LogP contribution in [-0.4, -0.2) is 114 Å². The van der Waals surface area contributed by atoms with Gasteiger partial charge in [0, 0.05) is 77.1 Å². The van der Waals surface area contributed by atoms with Gasteiger partial charge in [-0.15, -0.1) is 0 Å². The number of amides is 8. The van der Waals surface area contributed by atoms with Gasteiger partial charge in [0.05, 0.1) is 13.1 Å². The summed E-state index contributed by atoms with van der Waals surface area (Å²) >= 11 is 0. The molecule has 0 aromatic heterocycles. The first kappa shape index (κ1) is 31.0. The SMILES string of the molecule is O=C(CCNC(=O)CN([O-])CCNC(=O)CNC(=O)CCCN1C(=O)CCC1=O)NCCN1C(=O)C=CC1=O. The van der Waals surface area contributed by atoms with Gasteiger partial charge in [-0.05, 0) is 6.42 Å². The van der Waals surface area contributed by atoms with E-state index in [4.69, 9.17) is 0 Å². The third-order valence-corrected chi connectivity index (χ3v) is 5.62. The Balaban J connectivity index is 1.45. The average molecular weight is 551 g/mol. The normalized spacial score (nSPS) is 14.8. The molecule has 1 saturated heterocycles. The minimum Gasteiger partial charge on any atom is -0.785 e. The summed E-state index contributed by atoms with van der Waals surface area (Å²) in [4.78, 5) is 95.2.